The van der Waals surface area contributed by atoms with Crippen molar-refractivity contribution < 1.29 is 13.9 Å². The Labute approximate surface area is 156 Å². The Morgan fingerprint density at radius 3 is 2.44 bits per heavy atom. The monoisotopic (exact) mass is 366 g/mol. The van der Waals surface area contributed by atoms with Gasteiger partial charge in [0.1, 0.15) is 24.1 Å². The first kappa shape index (κ1) is 18.2. The summed E-state index contributed by atoms with van der Waals surface area (Å²) in [6.07, 6.45) is -0.612. The molecule has 0 bridgehead atoms. The first-order chi connectivity index (χ1) is 13.1. The highest BCUT2D eigenvalue weighted by atomic mass is 19.1. The molecule has 1 aromatic heterocycles. The Hall–Kier alpha value is -3.61. The summed E-state index contributed by atoms with van der Waals surface area (Å²) >= 11 is 0. The zero-order chi connectivity index (χ0) is 19.1. The van der Waals surface area contributed by atoms with Crippen molar-refractivity contribution in [2.24, 2.45) is 0 Å². The molecule has 0 saturated heterocycles. The number of nitrogens with two attached hydrogens (primary N) is 1. The summed E-state index contributed by atoms with van der Waals surface area (Å²) in [5.74, 6) is 0.423. The summed E-state index contributed by atoms with van der Waals surface area (Å²) in [6.45, 7) is 0.635. The van der Waals surface area contributed by atoms with Crippen LogP contribution in [0.2, 0.25) is 0 Å². The summed E-state index contributed by atoms with van der Waals surface area (Å²) < 4.78 is 18.1. The van der Waals surface area contributed by atoms with E-state index in [-0.39, 0.29) is 18.2 Å². The van der Waals surface area contributed by atoms with Gasteiger partial charge in [0.15, 0.2) is 0 Å². The number of pyridine rings is 1. The van der Waals surface area contributed by atoms with Crippen LogP contribution in [0.4, 0.5) is 26.5 Å². The van der Waals surface area contributed by atoms with Crippen LogP contribution in [0.25, 0.3) is 0 Å². The number of nitrogens with zero attached hydrogens (tertiary/aromatic N) is 1. The molecule has 3 rings (SSSR count). The number of amides is 1. The number of nitrogen functional groups attached to an aromatic ring is 1. The number of aromatic nitrogens is 1. The molecule has 0 unspecified atom stereocenters. The van der Waals surface area contributed by atoms with Crippen LogP contribution in [0.5, 0.6) is 0 Å². The molecule has 6 nitrogen and oxygen atoms in total. The lowest BCUT2D eigenvalue weighted by molar-refractivity contribution is 0.155. The van der Waals surface area contributed by atoms with Gasteiger partial charge in [-0.05, 0) is 35.4 Å². The maximum absolute atomic E-state index is 12.9. The van der Waals surface area contributed by atoms with Gasteiger partial charge in [0.2, 0.25) is 0 Å². The van der Waals surface area contributed by atoms with Gasteiger partial charge in [-0.3, -0.25) is 5.32 Å². The molecule has 1 heterocycles. The molecule has 0 aliphatic carbocycles. The van der Waals surface area contributed by atoms with Gasteiger partial charge in [-0.15, -0.1) is 0 Å². The molecule has 1 amide bonds. The van der Waals surface area contributed by atoms with Crippen molar-refractivity contribution in [3.63, 3.8) is 0 Å². The van der Waals surface area contributed by atoms with E-state index < -0.39 is 6.09 Å². The third kappa shape index (κ3) is 5.43. The second kappa shape index (κ2) is 8.66. The lowest BCUT2D eigenvalue weighted by Crippen LogP contribution is -2.15. The van der Waals surface area contributed by atoms with Crippen LogP contribution in [0.1, 0.15) is 11.1 Å². The van der Waals surface area contributed by atoms with Crippen molar-refractivity contribution in [1.82, 2.24) is 4.98 Å². The molecule has 0 atom stereocenters. The maximum atomic E-state index is 12.9. The SMILES string of the molecule is Nc1nc(NCc2ccc(F)cc2)ccc1NC(=O)OCc1ccccc1. The van der Waals surface area contributed by atoms with Crippen LogP contribution in [-0.2, 0) is 17.9 Å². The van der Waals surface area contributed by atoms with Gasteiger partial charge in [0.05, 0.1) is 5.69 Å². The summed E-state index contributed by atoms with van der Waals surface area (Å²) in [7, 11) is 0. The van der Waals surface area contributed by atoms with Crippen molar-refractivity contribution in [3.05, 3.63) is 83.7 Å². The van der Waals surface area contributed by atoms with Gasteiger partial charge < -0.3 is 15.8 Å². The fourth-order valence-electron chi connectivity index (χ4n) is 2.34. The van der Waals surface area contributed by atoms with E-state index in [0.29, 0.717) is 18.1 Å². The van der Waals surface area contributed by atoms with Gasteiger partial charge in [0, 0.05) is 6.54 Å². The number of hydrogen-bond donors (Lipinski definition) is 3. The Bertz CT molecular complexity index is 902. The predicted octanol–water partition coefficient (Wildman–Crippen LogP) is 4.16. The van der Waals surface area contributed by atoms with E-state index in [4.69, 9.17) is 10.5 Å². The number of nitrogens with one attached hydrogen (secondary N) is 2. The fraction of sp³-hybridized carbons (Fsp3) is 0.100. The number of benzene rings is 2. The number of rotatable bonds is 6. The highest BCUT2D eigenvalue weighted by Crippen LogP contribution is 2.19. The fourth-order valence-corrected chi connectivity index (χ4v) is 2.34. The highest BCUT2D eigenvalue weighted by Gasteiger charge is 2.08. The van der Waals surface area contributed by atoms with E-state index in [1.807, 2.05) is 30.3 Å². The maximum Gasteiger partial charge on any atom is 0.412 e. The Kier molecular flexibility index (Phi) is 5.84. The topological polar surface area (TPSA) is 89.3 Å². The van der Waals surface area contributed by atoms with E-state index in [0.717, 1.165) is 11.1 Å². The summed E-state index contributed by atoms with van der Waals surface area (Å²) in [5.41, 5.74) is 8.05. The molecule has 3 aromatic rings. The molecule has 0 spiro atoms. The minimum absolute atomic E-state index is 0.163. The summed E-state index contributed by atoms with van der Waals surface area (Å²) in [6, 6.07) is 18.9. The number of anilines is 3. The van der Waals surface area contributed by atoms with Gasteiger partial charge >= 0.3 is 6.09 Å². The first-order valence-corrected chi connectivity index (χ1v) is 8.33. The number of hydrogen-bond acceptors (Lipinski definition) is 5. The van der Waals surface area contributed by atoms with Crippen molar-refractivity contribution >= 4 is 23.4 Å². The summed E-state index contributed by atoms with van der Waals surface area (Å²) in [4.78, 5) is 16.1. The zero-order valence-electron chi connectivity index (χ0n) is 14.5. The molecule has 27 heavy (non-hydrogen) atoms. The smallest absolute Gasteiger partial charge is 0.412 e. The standard InChI is InChI=1S/C20H19FN4O2/c21-16-8-6-14(7-9-16)12-23-18-11-10-17(19(22)25-18)24-20(26)27-13-15-4-2-1-3-5-15/h1-11H,12-13H2,(H,24,26)(H3,22,23,25). The van der Waals surface area contributed by atoms with E-state index in [2.05, 4.69) is 15.6 Å². The lowest BCUT2D eigenvalue weighted by atomic mass is 10.2. The van der Waals surface area contributed by atoms with Crippen LogP contribution >= 0.6 is 0 Å². The zero-order valence-corrected chi connectivity index (χ0v) is 14.5. The van der Waals surface area contributed by atoms with Gasteiger partial charge in [-0.25, -0.2) is 14.2 Å². The first-order valence-electron chi connectivity index (χ1n) is 8.33. The van der Waals surface area contributed by atoms with Crippen LogP contribution in [-0.4, -0.2) is 11.1 Å². The molecule has 0 saturated carbocycles. The molecular formula is C20H19FN4O2. The van der Waals surface area contributed by atoms with Crippen LogP contribution in [0.15, 0.2) is 66.7 Å². The second-order valence-corrected chi connectivity index (χ2v) is 5.80. The van der Waals surface area contributed by atoms with E-state index in [9.17, 15) is 9.18 Å². The predicted molar refractivity (Wildman–Crippen MR) is 103 cm³/mol. The molecular weight excluding hydrogens is 347 g/mol. The number of carbonyl (C=O) groups excluding carboxylic acids is 1. The van der Waals surface area contributed by atoms with Crippen LogP contribution < -0.4 is 16.4 Å². The quantitative estimate of drug-likeness (QED) is 0.609. The highest BCUT2D eigenvalue weighted by molar-refractivity contribution is 5.88. The molecule has 138 valence electrons. The van der Waals surface area contributed by atoms with Crippen LogP contribution in [0, 0.1) is 5.82 Å². The van der Waals surface area contributed by atoms with E-state index in [1.54, 1.807) is 24.3 Å². The average Bonchev–Trinajstić information content (AvgIpc) is 2.69. The van der Waals surface area contributed by atoms with Crippen molar-refractivity contribution in [3.8, 4) is 0 Å². The number of ether oxygens (including phenoxy) is 1. The third-order valence-corrected chi connectivity index (χ3v) is 3.76. The Morgan fingerprint density at radius 1 is 1.00 bits per heavy atom. The Morgan fingerprint density at radius 2 is 1.74 bits per heavy atom. The number of halogens is 1. The van der Waals surface area contributed by atoms with E-state index >= 15 is 0 Å². The Balaban J connectivity index is 1.52. The third-order valence-electron chi connectivity index (χ3n) is 3.76. The average molecular weight is 366 g/mol. The van der Waals surface area contributed by atoms with Gasteiger partial charge in [0.25, 0.3) is 0 Å². The van der Waals surface area contributed by atoms with Crippen molar-refractivity contribution in [1.29, 1.82) is 0 Å². The lowest BCUT2D eigenvalue weighted by Gasteiger charge is -2.11. The molecule has 0 aliphatic rings. The summed E-state index contributed by atoms with van der Waals surface area (Å²) in [5, 5.41) is 5.66. The second-order valence-electron chi connectivity index (χ2n) is 5.80. The molecule has 2 aromatic carbocycles. The van der Waals surface area contributed by atoms with E-state index in [1.165, 1.54) is 12.1 Å². The molecule has 0 aliphatic heterocycles. The largest absolute Gasteiger partial charge is 0.444 e. The van der Waals surface area contributed by atoms with Crippen molar-refractivity contribution in [2.45, 2.75) is 13.2 Å². The molecule has 0 fully saturated rings. The van der Waals surface area contributed by atoms with Crippen LogP contribution in [0.3, 0.4) is 0 Å². The van der Waals surface area contributed by atoms with Gasteiger partial charge in [-0.2, -0.15) is 0 Å². The van der Waals surface area contributed by atoms with Gasteiger partial charge in [-0.1, -0.05) is 42.5 Å². The molecule has 7 heteroatoms. The van der Waals surface area contributed by atoms with Crippen molar-refractivity contribution in [2.75, 3.05) is 16.4 Å². The molecule has 0 radical (unpaired) electrons. The minimum atomic E-state index is -0.612. The molecule has 4 N–H and O–H groups in total. The minimum Gasteiger partial charge on any atom is -0.444 e. The number of carbonyl (C=O) groups is 1. The normalized spacial score (nSPS) is 10.3.